The van der Waals surface area contributed by atoms with E-state index in [1.54, 1.807) is 24.3 Å². The van der Waals surface area contributed by atoms with Crippen LogP contribution in [0, 0.1) is 6.92 Å². The van der Waals surface area contributed by atoms with Crippen LogP contribution in [0.15, 0.2) is 42.5 Å². The van der Waals surface area contributed by atoms with Crippen LogP contribution in [0.4, 0.5) is 10.3 Å². The number of carbonyl (C=O) groups excluding carboxylic acids is 2. The largest absolute Gasteiger partial charge is 0.301 e. The highest BCUT2D eigenvalue weighted by atomic mass is 35.5. The molecule has 5 rings (SSSR count). The van der Waals surface area contributed by atoms with Crippen LogP contribution < -0.4 is 10.6 Å². The smallest absolute Gasteiger partial charge is 0.257 e. The third kappa shape index (κ3) is 4.13. The van der Waals surface area contributed by atoms with Crippen molar-refractivity contribution in [1.29, 1.82) is 0 Å². The Morgan fingerprint density at radius 1 is 1.03 bits per heavy atom. The monoisotopic (exact) mass is 482 g/mol. The van der Waals surface area contributed by atoms with Crippen molar-refractivity contribution in [3.05, 3.63) is 69.2 Å². The summed E-state index contributed by atoms with van der Waals surface area (Å²) in [5.74, 6) is -0.716. The molecule has 2 N–H and O–H groups in total. The molecular formula is C23H19ClN4O2S2. The maximum absolute atomic E-state index is 13.1. The Morgan fingerprint density at radius 3 is 2.59 bits per heavy atom. The molecule has 0 aliphatic heterocycles. The van der Waals surface area contributed by atoms with E-state index in [9.17, 15) is 9.59 Å². The highest BCUT2D eigenvalue weighted by molar-refractivity contribution is 7.22. The zero-order chi connectivity index (χ0) is 22.2. The van der Waals surface area contributed by atoms with Gasteiger partial charge in [-0.15, -0.1) is 11.3 Å². The van der Waals surface area contributed by atoms with Crippen LogP contribution in [-0.2, 0) is 11.2 Å². The van der Waals surface area contributed by atoms with E-state index in [4.69, 9.17) is 11.6 Å². The Morgan fingerprint density at radius 2 is 1.81 bits per heavy atom. The van der Waals surface area contributed by atoms with Gasteiger partial charge in [-0.3, -0.25) is 14.9 Å². The van der Waals surface area contributed by atoms with Gasteiger partial charge in [0.15, 0.2) is 10.3 Å². The number of aromatic nitrogens is 2. The highest BCUT2D eigenvalue weighted by Gasteiger charge is 2.31. The Labute approximate surface area is 197 Å². The molecule has 1 atom stereocenters. The molecule has 2 heterocycles. The number of carbonyl (C=O) groups is 2. The molecule has 1 aliphatic carbocycles. The Hall–Kier alpha value is -2.81. The van der Waals surface area contributed by atoms with Crippen molar-refractivity contribution in [2.45, 2.75) is 32.1 Å². The first-order valence-corrected chi connectivity index (χ1v) is 12.2. The van der Waals surface area contributed by atoms with E-state index in [0.717, 1.165) is 45.6 Å². The van der Waals surface area contributed by atoms with Crippen molar-refractivity contribution in [1.82, 2.24) is 9.97 Å². The lowest BCUT2D eigenvalue weighted by Crippen LogP contribution is -2.24. The topological polar surface area (TPSA) is 84.0 Å². The summed E-state index contributed by atoms with van der Waals surface area (Å²) in [6.45, 7) is 2.01. The molecule has 2 amide bonds. The first-order valence-electron chi connectivity index (χ1n) is 10.2. The van der Waals surface area contributed by atoms with Crippen LogP contribution in [-0.4, -0.2) is 21.8 Å². The van der Waals surface area contributed by atoms with Crippen molar-refractivity contribution in [3.8, 4) is 0 Å². The average molecular weight is 483 g/mol. The maximum Gasteiger partial charge on any atom is 0.257 e. The number of aryl methyl sites for hydroxylation is 2. The van der Waals surface area contributed by atoms with Gasteiger partial charge in [-0.05, 0) is 62.1 Å². The Balaban J connectivity index is 1.34. The molecule has 162 valence electrons. The summed E-state index contributed by atoms with van der Waals surface area (Å²) in [4.78, 5) is 35.9. The zero-order valence-corrected chi connectivity index (χ0v) is 19.5. The Bertz CT molecular complexity index is 1330. The van der Waals surface area contributed by atoms with Gasteiger partial charge in [0.1, 0.15) is 0 Å². The second-order valence-corrected chi connectivity index (χ2v) is 10.2. The fourth-order valence-electron chi connectivity index (χ4n) is 3.83. The fourth-order valence-corrected chi connectivity index (χ4v) is 5.96. The number of para-hydroxylation sites is 1. The number of nitrogens with one attached hydrogen (secondary N) is 2. The minimum absolute atomic E-state index is 0.108. The molecule has 6 nitrogen and oxygen atoms in total. The molecule has 0 fully saturated rings. The molecule has 0 saturated heterocycles. The molecule has 0 bridgehead atoms. The van der Waals surface area contributed by atoms with Crippen molar-refractivity contribution >= 4 is 66.6 Å². The van der Waals surface area contributed by atoms with Crippen molar-refractivity contribution in [2.24, 2.45) is 0 Å². The average Bonchev–Trinajstić information content (AvgIpc) is 3.37. The second kappa shape index (κ2) is 8.61. The lowest BCUT2D eigenvalue weighted by atomic mass is 9.90. The third-order valence-corrected chi connectivity index (χ3v) is 7.68. The van der Waals surface area contributed by atoms with Gasteiger partial charge in [-0.1, -0.05) is 35.1 Å². The summed E-state index contributed by atoms with van der Waals surface area (Å²) >= 11 is 8.80. The number of hydrogen-bond acceptors (Lipinski definition) is 6. The van der Waals surface area contributed by atoms with Crippen LogP contribution >= 0.6 is 34.3 Å². The number of anilines is 2. The molecule has 4 aromatic rings. The SMILES string of the molecule is Cc1cccc2sc(NC(=O)C3CCCc4sc(NC(=O)c5ccc(Cl)cc5)nc43)nc12. The number of rotatable bonds is 4. The molecule has 1 aliphatic rings. The fraction of sp³-hybridized carbons (Fsp3) is 0.217. The molecule has 0 radical (unpaired) electrons. The van der Waals surface area contributed by atoms with Crippen LogP contribution in [0.1, 0.15) is 45.3 Å². The minimum atomic E-state index is -0.357. The van der Waals surface area contributed by atoms with Crippen LogP contribution in [0.5, 0.6) is 0 Å². The number of fused-ring (bicyclic) bond motifs is 2. The predicted molar refractivity (Wildman–Crippen MR) is 130 cm³/mol. The normalized spacial score (nSPS) is 15.4. The van der Waals surface area contributed by atoms with Crippen LogP contribution in [0.2, 0.25) is 5.02 Å². The molecular weight excluding hydrogens is 464 g/mol. The van der Waals surface area contributed by atoms with Gasteiger partial charge in [0.05, 0.1) is 21.8 Å². The standard InChI is InChI=1S/C23H19ClN4O2S2/c1-12-4-2-6-16-18(12)25-22(31-16)28-21(30)15-5-3-7-17-19(15)26-23(32-17)27-20(29)13-8-10-14(24)11-9-13/h2,4,6,8-11,15H,3,5,7H2,1H3,(H,25,28,30)(H,26,27,29). The van der Waals surface area contributed by atoms with Crippen molar-refractivity contribution in [2.75, 3.05) is 10.6 Å². The summed E-state index contributed by atoms with van der Waals surface area (Å²) in [6.07, 6.45) is 2.47. The summed E-state index contributed by atoms with van der Waals surface area (Å²) < 4.78 is 1.05. The lowest BCUT2D eigenvalue weighted by molar-refractivity contribution is -0.117. The number of benzene rings is 2. The van der Waals surface area contributed by atoms with Gasteiger partial charge < -0.3 is 5.32 Å². The number of halogens is 1. The number of nitrogens with zero attached hydrogens (tertiary/aromatic N) is 2. The van der Waals surface area contributed by atoms with E-state index in [2.05, 4.69) is 20.6 Å². The second-order valence-electron chi connectivity index (χ2n) is 7.66. The van der Waals surface area contributed by atoms with E-state index in [0.29, 0.717) is 20.8 Å². The lowest BCUT2D eigenvalue weighted by Gasteiger charge is -2.19. The van der Waals surface area contributed by atoms with Crippen LogP contribution in [0.3, 0.4) is 0 Å². The van der Waals surface area contributed by atoms with E-state index in [1.807, 2.05) is 25.1 Å². The maximum atomic E-state index is 13.1. The van der Waals surface area contributed by atoms with Gasteiger partial charge in [0, 0.05) is 15.5 Å². The van der Waals surface area contributed by atoms with Gasteiger partial charge >= 0.3 is 0 Å². The summed E-state index contributed by atoms with van der Waals surface area (Å²) in [6, 6.07) is 12.7. The molecule has 1 unspecified atom stereocenters. The Kier molecular flexibility index (Phi) is 5.67. The molecule has 2 aromatic carbocycles. The van der Waals surface area contributed by atoms with Gasteiger partial charge in [0.25, 0.3) is 5.91 Å². The van der Waals surface area contributed by atoms with Gasteiger partial charge in [0.2, 0.25) is 5.91 Å². The highest BCUT2D eigenvalue weighted by Crippen LogP contribution is 2.38. The summed E-state index contributed by atoms with van der Waals surface area (Å²) in [5, 5.41) is 7.51. The van der Waals surface area contributed by atoms with E-state index in [1.165, 1.54) is 22.7 Å². The number of amides is 2. The van der Waals surface area contributed by atoms with Gasteiger partial charge in [-0.2, -0.15) is 0 Å². The van der Waals surface area contributed by atoms with Crippen molar-refractivity contribution in [3.63, 3.8) is 0 Å². The number of hydrogen-bond donors (Lipinski definition) is 2. The first kappa shape index (κ1) is 21.1. The van der Waals surface area contributed by atoms with E-state index in [-0.39, 0.29) is 17.7 Å². The minimum Gasteiger partial charge on any atom is -0.301 e. The molecule has 0 saturated carbocycles. The molecule has 32 heavy (non-hydrogen) atoms. The first-order chi connectivity index (χ1) is 15.5. The van der Waals surface area contributed by atoms with E-state index < -0.39 is 0 Å². The third-order valence-electron chi connectivity index (χ3n) is 5.45. The van der Waals surface area contributed by atoms with Crippen molar-refractivity contribution < 1.29 is 9.59 Å². The predicted octanol–water partition coefficient (Wildman–Crippen LogP) is 6.03. The van der Waals surface area contributed by atoms with E-state index >= 15 is 0 Å². The zero-order valence-electron chi connectivity index (χ0n) is 17.1. The summed E-state index contributed by atoms with van der Waals surface area (Å²) in [5.41, 5.74) is 3.25. The molecule has 2 aromatic heterocycles. The quantitative estimate of drug-likeness (QED) is 0.372. The van der Waals surface area contributed by atoms with Crippen LogP contribution in [0.25, 0.3) is 10.2 Å². The summed E-state index contributed by atoms with van der Waals surface area (Å²) in [7, 11) is 0. The number of thiazole rings is 2. The molecule has 0 spiro atoms. The van der Waals surface area contributed by atoms with Gasteiger partial charge in [-0.25, -0.2) is 9.97 Å². The molecule has 9 heteroatoms.